The van der Waals surface area contributed by atoms with Gasteiger partial charge < -0.3 is 5.73 Å². The third-order valence-electron chi connectivity index (χ3n) is 2.39. The third kappa shape index (κ3) is 2.34. The summed E-state index contributed by atoms with van der Waals surface area (Å²) in [6, 6.07) is 7.33. The van der Waals surface area contributed by atoms with Gasteiger partial charge in [-0.15, -0.1) is 0 Å². The van der Waals surface area contributed by atoms with Crippen LogP contribution in [-0.4, -0.2) is 6.54 Å². The molecule has 14 heavy (non-hydrogen) atoms. The van der Waals surface area contributed by atoms with Crippen molar-refractivity contribution in [2.45, 2.75) is 20.0 Å². The summed E-state index contributed by atoms with van der Waals surface area (Å²) in [5.74, 6) is 0. The molecular weight excluding hydrogens is 245 g/mol. The molecule has 2 N–H and O–H groups in total. The van der Waals surface area contributed by atoms with E-state index in [1.54, 1.807) is 6.07 Å². The molecule has 0 spiro atoms. The molecule has 0 aliphatic heterocycles. The van der Waals surface area contributed by atoms with Gasteiger partial charge in [0.2, 0.25) is 0 Å². The maximum Gasteiger partial charge on any atom is 0.132 e. The van der Waals surface area contributed by atoms with Gasteiger partial charge in [0.15, 0.2) is 0 Å². The second-order valence-corrected chi connectivity index (χ2v) is 4.93. The Kier molecular flexibility index (Phi) is 3.67. The fourth-order valence-corrected chi connectivity index (χ4v) is 1.69. The van der Waals surface area contributed by atoms with Crippen LogP contribution in [-0.2, 0) is 0 Å². The highest BCUT2D eigenvalue weighted by Gasteiger charge is 2.30. The average Bonchev–Trinajstić information content (AvgIpc) is 2.17. The molecule has 1 aromatic carbocycles. The average molecular weight is 260 g/mol. The van der Waals surface area contributed by atoms with E-state index >= 15 is 0 Å². The van der Waals surface area contributed by atoms with Crippen molar-refractivity contribution in [3.63, 3.8) is 0 Å². The second kappa shape index (κ2) is 4.41. The highest BCUT2D eigenvalue weighted by atomic mass is 79.9. The number of nitrogens with two attached hydrogens (primary N) is 1. The number of benzene rings is 1. The Morgan fingerprint density at radius 1 is 1.43 bits per heavy atom. The summed E-state index contributed by atoms with van der Waals surface area (Å²) in [5.41, 5.74) is 5.68. The fraction of sp³-hybridized carbons (Fsp3) is 0.455. The molecule has 0 aliphatic carbocycles. The predicted molar refractivity (Wildman–Crippen MR) is 60.8 cm³/mol. The first-order chi connectivity index (χ1) is 6.49. The SMILES string of the molecule is CC(C)(CN)C(F)c1ccccc1Br. The molecule has 1 rings (SSSR count). The van der Waals surface area contributed by atoms with Crippen molar-refractivity contribution in [3.05, 3.63) is 34.3 Å². The van der Waals surface area contributed by atoms with Gasteiger partial charge in [0.1, 0.15) is 6.17 Å². The Hall–Kier alpha value is -0.410. The van der Waals surface area contributed by atoms with Gasteiger partial charge in [0, 0.05) is 22.0 Å². The maximum atomic E-state index is 14.1. The fourth-order valence-electron chi connectivity index (χ4n) is 1.21. The predicted octanol–water partition coefficient (Wildman–Crippen LogP) is 3.44. The number of hydrogen-bond acceptors (Lipinski definition) is 1. The molecule has 78 valence electrons. The highest BCUT2D eigenvalue weighted by molar-refractivity contribution is 9.10. The molecule has 0 radical (unpaired) electrons. The first kappa shape index (κ1) is 11.7. The van der Waals surface area contributed by atoms with E-state index in [-0.39, 0.29) is 0 Å². The van der Waals surface area contributed by atoms with Gasteiger partial charge in [-0.3, -0.25) is 0 Å². The van der Waals surface area contributed by atoms with Crippen LogP contribution < -0.4 is 5.73 Å². The molecule has 0 amide bonds. The summed E-state index contributed by atoms with van der Waals surface area (Å²) < 4.78 is 14.9. The van der Waals surface area contributed by atoms with E-state index in [2.05, 4.69) is 15.9 Å². The quantitative estimate of drug-likeness (QED) is 0.885. The van der Waals surface area contributed by atoms with Crippen molar-refractivity contribution in [1.82, 2.24) is 0 Å². The standard InChI is InChI=1S/C11H15BrFN/c1-11(2,7-14)10(13)8-5-3-4-6-9(8)12/h3-6,10H,7,14H2,1-2H3. The van der Waals surface area contributed by atoms with E-state index in [0.29, 0.717) is 12.1 Å². The van der Waals surface area contributed by atoms with Crippen LogP contribution in [0.3, 0.4) is 0 Å². The van der Waals surface area contributed by atoms with Crippen molar-refractivity contribution in [2.75, 3.05) is 6.54 Å². The van der Waals surface area contributed by atoms with Gasteiger partial charge in [0.25, 0.3) is 0 Å². The maximum absolute atomic E-state index is 14.1. The van der Waals surface area contributed by atoms with Crippen LogP contribution in [0.15, 0.2) is 28.7 Å². The zero-order valence-electron chi connectivity index (χ0n) is 8.43. The second-order valence-electron chi connectivity index (χ2n) is 4.08. The topological polar surface area (TPSA) is 26.0 Å². The summed E-state index contributed by atoms with van der Waals surface area (Å²) in [5, 5.41) is 0. The molecule has 0 aliphatic rings. The molecule has 0 bridgehead atoms. The van der Waals surface area contributed by atoms with Crippen molar-refractivity contribution in [1.29, 1.82) is 0 Å². The number of alkyl halides is 1. The smallest absolute Gasteiger partial charge is 0.132 e. The zero-order valence-corrected chi connectivity index (χ0v) is 10.0. The lowest BCUT2D eigenvalue weighted by molar-refractivity contribution is 0.152. The van der Waals surface area contributed by atoms with Crippen molar-refractivity contribution in [2.24, 2.45) is 11.1 Å². The van der Waals surface area contributed by atoms with Crippen LogP contribution in [0.1, 0.15) is 25.6 Å². The molecule has 0 heterocycles. The Balaban J connectivity index is 3.00. The van der Waals surface area contributed by atoms with E-state index in [9.17, 15) is 4.39 Å². The van der Waals surface area contributed by atoms with Crippen LogP contribution in [0.2, 0.25) is 0 Å². The first-order valence-electron chi connectivity index (χ1n) is 4.57. The Morgan fingerprint density at radius 3 is 2.50 bits per heavy atom. The third-order valence-corrected chi connectivity index (χ3v) is 3.11. The van der Waals surface area contributed by atoms with E-state index in [1.165, 1.54) is 0 Å². The lowest BCUT2D eigenvalue weighted by Gasteiger charge is -2.27. The number of hydrogen-bond donors (Lipinski definition) is 1. The first-order valence-corrected chi connectivity index (χ1v) is 5.37. The monoisotopic (exact) mass is 259 g/mol. The van der Waals surface area contributed by atoms with E-state index < -0.39 is 11.6 Å². The minimum absolute atomic E-state index is 0.329. The molecule has 3 heteroatoms. The molecule has 0 saturated heterocycles. The van der Waals surface area contributed by atoms with Crippen LogP contribution in [0.25, 0.3) is 0 Å². The van der Waals surface area contributed by atoms with Crippen molar-refractivity contribution >= 4 is 15.9 Å². The van der Waals surface area contributed by atoms with Gasteiger partial charge in [-0.25, -0.2) is 4.39 Å². The van der Waals surface area contributed by atoms with E-state index in [0.717, 1.165) is 4.47 Å². The molecule has 0 saturated carbocycles. The van der Waals surface area contributed by atoms with Crippen LogP contribution in [0.4, 0.5) is 4.39 Å². The Labute approximate surface area is 92.6 Å². The highest BCUT2D eigenvalue weighted by Crippen LogP contribution is 2.38. The summed E-state index contributed by atoms with van der Waals surface area (Å²) in [6.45, 7) is 3.99. The Morgan fingerprint density at radius 2 is 2.00 bits per heavy atom. The minimum atomic E-state index is -1.04. The normalized spacial score (nSPS) is 14.1. The molecule has 1 aromatic rings. The number of halogens is 2. The molecule has 0 fully saturated rings. The molecule has 0 aromatic heterocycles. The van der Waals surface area contributed by atoms with Crippen LogP contribution in [0, 0.1) is 5.41 Å². The summed E-state index contributed by atoms with van der Waals surface area (Å²) in [7, 11) is 0. The molecular formula is C11H15BrFN. The van der Waals surface area contributed by atoms with Crippen LogP contribution >= 0.6 is 15.9 Å². The lowest BCUT2D eigenvalue weighted by Crippen LogP contribution is -2.28. The summed E-state index contributed by atoms with van der Waals surface area (Å²) in [6.07, 6.45) is -1.04. The molecule has 1 unspecified atom stereocenters. The van der Waals surface area contributed by atoms with Gasteiger partial charge in [-0.05, 0) is 6.07 Å². The zero-order chi connectivity index (χ0) is 10.8. The Bertz CT molecular complexity index is 312. The minimum Gasteiger partial charge on any atom is -0.330 e. The molecule has 1 nitrogen and oxygen atoms in total. The summed E-state index contributed by atoms with van der Waals surface area (Å²) >= 11 is 3.34. The van der Waals surface area contributed by atoms with Gasteiger partial charge in [0.05, 0.1) is 0 Å². The van der Waals surface area contributed by atoms with Gasteiger partial charge >= 0.3 is 0 Å². The summed E-state index contributed by atoms with van der Waals surface area (Å²) in [4.78, 5) is 0. The van der Waals surface area contributed by atoms with Crippen molar-refractivity contribution in [3.8, 4) is 0 Å². The van der Waals surface area contributed by atoms with Gasteiger partial charge in [-0.1, -0.05) is 48.0 Å². The largest absolute Gasteiger partial charge is 0.330 e. The van der Waals surface area contributed by atoms with E-state index in [4.69, 9.17) is 5.73 Å². The van der Waals surface area contributed by atoms with Crippen LogP contribution in [0.5, 0.6) is 0 Å². The van der Waals surface area contributed by atoms with Gasteiger partial charge in [-0.2, -0.15) is 0 Å². The lowest BCUT2D eigenvalue weighted by atomic mass is 9.84. The van der Waals surface area contributed by atoms with Crippen molar-refractivity contribution < 1.29 is 4.39 Å². The van der Waals surface area contributed by atoms with E-state index in [1.807, 2.05) is 32.0 Å². The molecule has 1 atom stereocenters. The number of rotatable bonds is 3.